The van der Waals surface area contributed by atoms with E-state index in [0.29, 0.717) is 12.3 Å². The number of benzene rings is 1. The number of carbonyl (C=O) groups excluding carboxylic acids is 1. The predicted octanol–water partition coefficient (Wildman–Crippen LogP) is 3.66. The van der Waals surface area contributed by atoms with Gasteiger partial charge >= 0.3 is 5.97 Å². The molecule has 2 nitrogen and oxygen atoms in total. The Kier molecular flexibility index (Phi) is 4.40. The van der Waals surface area contributed by atoms with Crippen LogP contribution in [0.2, 0.25) is 0 Å². The Hall–Kier alpha value is -1.31. The molecule has 1 saturated carbocycles. The maximum atomic E-state index is 11.9. The number of aryl methyl sites for hydroxylation is 1. The highest BCUT2D eigenvalue weighted by molar-refractivity contribution is 5.72. The molecule has 1 aliphatic rings. The molecule has 2 atom stereocenters. The van der Waals surface area contributed by atoms with E-state index in [9.17, 15) is 4.79 Å². The molecule has 1 aromatic carbocycles. The smallest absolute Gasteiger partial charge is 0.310 e. The molecular weight excluding hydrogens is 224 g/mol. The second-order valence-electron chi connectivity index (χ2n) is 5.55. The number of hydrogen-bond acceptors (Lipinski definition) is 2. The first-order chi connectivity index (χ1) is 8.63. The van der Waals surface area contributed by atoms with Gasteiger partial charge in [0, 0.05) is 0 Å². The lowest BCUT2D eigenvalue weighted by atomic mass is 9.89. The summed E-state index contributed by atoms with van der Waals surface area (Å²) in [5.41, 5.74) is 2.25. The average molecular weight is 246 g/mol. The summed E-state index contributed by atoms with van der Waals surface area (Å²) in [5.74, 6) is 0.605. The van der Waals surface area contributed by atoms with Crippen molar-refractivity contribution < 1.29 is 9.53 Å². The molecule has 18 heavy (non-hydrogen) atoms. The molecule has 0 saturated heterocycles. The van der Waals surface area contributed by atoms with Crippen molar-refractivity contribution in [2.24, 2.45) is 5.92 Å². The Morgan fingerprint density at radius 2 is 2.00 bits per heavy atom. The lowest BCUT2D eigenvalue weighted by Crippen LogP contribution is -2.25. The molecule has 2 rings (SSSR count). The van der Waals surface area contributed by atoms with Crippen molar-refractivity contribution in [3.63, 3.8) is 0 Å². The molecule has 1 aliphatic carbocycles. The third-order valence-corrected chi connectivity index (χ3v) is 3.66. The third kappa shape index (κ3) is 3.86. The first-order valence-corrected chi connectivity index (χ1v) is 6.88. The molecule has 0 amide bonds. The minimum Gasteiger partial charge on any atom is -0.462 e. The maximum absolute atomic E-state index is 11.9. The molecule has 0 N–H and O–H groups in total. The van der Waals surface area contributed by atoms with Crippen molar-refractivity contribution in [2.45, 2.75) is 52.1 Å². The van der Waals surface area contributed by atoms with Crippen LogP contribution in [0.4, 0.5) is 0 Å². The van der Waals surface area contributed by atoms with E-state index in [1.165, 1.54) is 18.4 Å². The van der Waals surface area contributed by atoms with Gasteiger partial charge in [-0.1, -0.05) is 43.2 Å². The van der Waals surface area contributed by atoms with Gasteiger partial charge in [0.2, 0.25) is 0 Å². The third-order valence-electron chi connectivity index (χ3n) is 3.66. The molecule has 0 spiro atoms. The van der Waals surface area contributed by atoms with E-state index in [1.54, 1.807) is 0 Å². The van der Waals surface area contributed by atoms with Gasteiger partial charge in [-0.3, -0.25) is 4.79 Å². The van der Waals surface area contributed by atoms with Crippen LogP contribution in [-0.4, -0.2) is 12.1 Å². The molecular formula is C16H22O2. The summed E-state index contributed by atoms with van der Waals surface area (Å²) in [5, 5.41) is 0. The Morgan fingerprint density at radius 1 is 1.28 bits per heavy atom. The number of hydrogen-bond donors (Lipinski definition) is 0. The van der Waals surface area contributed by atoms with Gasteiger partial charge in [-0.2, -0.15) is 0 Å². The van der Waals surface area contributed by atoms with E-state index >= 15 is 0 Å². The van der Waals surface area contributed by atoms with Crippen LogP contribution in [0.15, 0.2) is 24.3 Å². The Labute approximate surface area is 109 Å². The van der Waals surface area contributed by atoms with Crippen molar-refractivity contribution >= 4 is 5.97 Å². The van der Waals surface area contributed by atoms with Crippen molar-refractivity contribution in [1.29, 1.82) is 0 Å². The molecule has 0 aliphatic heterocycles. The molecule has 1 unspecified atom stereocenters. The molecule has 0 radical (unpaired) electrons. The first kappa shape index (κ1) is 13.1. The molecule has 98 valence electrons. The van der Waals surface area contributed by atoms with Gasteiger partial charge in [0.15, 0.2) is 0 Å². The molecule has 1 fully saturated rings. The largest absolute Gasteiger partial charge is 0.462 e. The maximum Gasteiger partial charge on any atom is 0.310 e. The number of carbonyl (C=O) groups is 1. The fourth-order valence-electron chi connectivity index (χ4n) is 2.59. The molecule has 1 aromatic rings. The van der Waals surface area contributed by atoms with Gasteiger partial charge in [0.25, 0.3) is 0 Å². The zero-order valence-corrected chi connectivity index (χ0v) is 11.3. The highest BCUT2D eigenvalue weighted by Crippen LogP contribution is 2.25. The van der Waals surface area contributed by atoms with Crippen LogP contribution in [0.5, 0.6) is 0 Å². The summed E-state index contributed by atoms with van der Waals surface area (Å²) < 4.78 is 5.56. The summed E-state index contributed by atoms with van der Waals surface area (Å²) >= 11 is 0. The Morgan fingerprint density at radius 3 is 2.67 bits per heavy atom. The van der Waals surface area contributed by atoms with Crippen molar-refractivity contribution in [1.82, 2.24) is 0 Å². The van der Waals surface area contributed by atoms with Gasteiger partial charge in [-0.25, -0.2) is 0 Å². The summed E-state index contributed by atoms with van der Waals surface area (Å²) in [6.07, 6.45) is 5.05. The topological polar surface area (TPSA) is 26.3 Å². The Bertz CT molecular complexity index is 394. The summed E-state index contributed by atoms with van der Waals surface area (Å²) in [6, 6.07) is 8.07. The van der Waals surface area contributed by atoms with E-state index in [1.807, 2.05) is 31.2 Å². The summed E-state index contributed by atoms with van der Waals surface area (Å²) in [4.78, 5) is 11.9. The van der Waals surface area contributed by atoms with Gasteiger partial charge in [-0.05, 0) is 37.7 Å². The van der Waals surface area contributed by atoms with Crippen molar-refractivity contribution in [3.05, 3.63) is 35.4 Å². The summed E-state index contributed by atoms with van der Waals surface area (Å²) in [6.45, 7) is 4.28. The first-order valence-electron chi connectivity index (χ1n) is 6.88. The minimum atomic E-state index is -0.0852. The lowest BCUT2D eigenvalue weighted by molar-refractivity contribution is -0.150. The zero-order chi connectivity index (χ0) is 13.0. The van der Waals surface area contributed by atoms with Crippen LogP contribution < -0.4 is 0 Å². The van der Waals surface area contributed by atoms with E-state index in [0.717, 1.165) is 18.4 Å². The van der Waals surface area contributed by atoms with Gasteiger partial charge in [0.05, 0.1) is 6.42 Å². The van der Waals surface area contributed by atoms with Gasteiger partial charge in [-0.15, -0.1) is 0 Å². The van der Waals surface area contributed by atoms with Crippen LogP contribution >= 0.6 is 0 Å². The highest BCUT2D eigenvalue weighted by Gasteiger charge is 2.22. The van der Waals surface area contributed by atoms with Crippen LogP contribution in [0.3, 0.4) is 0 Å². The van der Waals surface area contributed by atoms with Crippen molar-refractivity contribution in [3.8, 4) is 0 Å². The second kappa shape index (κ2) is 6.03. The standard InChI is InChI=1S/C16H22O2/c1-12-6-8-14(9-7-12)11-16(17)18-15-5-3-4-13(2)10-15/h6-9,13,15H,3-5,10-11H2,1-2H3/t13?,15-/m0/s1. The van der Waals surface area contributed by atoms with Crippen molar-refractivity contribution in [2.75, 3.05) is 0 Å². The molecule has 0 bridgehead atoms. The van der Waals surface area contributed by atoms with E-state index in [-0.39, 0.29) is 12.1 Å². The van der Waals surface area contributed by atoms with Crippen LogP contribution in [0, 0.1) is 12.8 Å². The van der Waals surface area contributed by atoms with Crippen LogP contribution in [0.25, 0.3) is 0 Å². The second-order valence-corrected chi connectivity index (χ2v) is 5.55. The zero-order valence-electron chi connectivity index (χ0n) is 11.3. The molecule has 0 aromatic heterocycles. The molecule has 0 heterocycles. The average Bonchev–Trinajstić information content (AvgIpc) is 2.32. The van der Waals surface area contributed by atoms with E-state index < -0.39 is 0 Å². The number of ether oxygens (including phenoxy) is 1. The molecule has 2 heteroatoms. The SMILES string of the molecule is Cc1ccc(CC(=O)O[C@H]2CCCC(C)C2)cc1. The van der Waals surface area contributed by atoms with E-state index in [4.69, 9.17) is 4.74 Å². The normalized spacial score (nSPS) is 23.7. The monoisotopic (exact) mass is 246 g/mol. The summed E-state index contributed by atoms with van der Waals surface area (Å²) in [7, 11) is 0. The number of esters is 1. The van der Waals surface area contributed by atoms with Crippen LogP contribution in [0.1, 0.15) is 43.7 Å². The minimum absolute atomic E-state index is 0.0852. The highest BCUT2D eigenvalue weighted by atomic mass is 16.5. The van der Waals surface area contributed by atoms with Crippen LogP contribution in [-0.2, 0) is 16.0 Å². The predicted molar refractivity (Wildman–Crippen MR) is 72.4 cm³/mol. The Balaban J connectivity index is 1.83. The number of rotatable bonds is 3. The van der Waals surface area contributed by atoms with Gasteiger partial charge < -0.3 is 4.74 Å². The van der Waals surface area contributed by atoms with Gasteiger partial charge in [0.1, 0.15) is 6.10 Å². The fourth-order valence-corrected chi connectivity index (χ4v) is 2.59. The quantitative estimate of drug-likeness (QED) is 0.761. The fraction of sp³-hybridized carbons (Fsp3) is 0.562. The lowest BCUT2D eigenvalue weighted by Gasteiger charge is -2.26. The van der Waals surface area contributed by atoms with E-state index in [2.05, 4.69) is 6.92 Å².